The summed E-state index contributed by atoms with van der Waals surface area (Å²) in [5.74, 6) is -0.387. The van der Waals surface area contributed by atoms with Crippen LogP contribution in [0.2, 0.25) is 0 Å². The monoisotopic (exact) mass is 810 g/mol. The van der Waals surface area contributed by atoms with Crippen molar-refractivity contribution < 1.29 is 38.1 Å². The smallest absolute Gasteiger partial charge is 0.339 e. The number of esters is 2. The number of benzene rings is 4. The maximum Gasteiger partial charge on any atom is 0.339 e. The van der Waals surface area contributed by atoms with E-state index >= 15 is 0 Å². The fourth-order valence-corrected chi connectivity index (χ4v) is 9.55. The largest absolute Gasteiger partial charge is 0.483 e. The lowest BCUT2D eigenvalue weighted by Crippen LogP contribution is -2.52. The zero-order valence-electron chi connectivity index (χ0n) is 34.9. The van der Waals surface area contributed by atoms with E-state index in [1.165, 1.54) is 22.3 Å². The summed E-state index contributed by atoms with van der Waals surface area (Å²) in [5, 5.41) is 10.8. The van der Waals surface area contributed by atoms with Gasteiger partial charge in [0.15, 0.2) is 12.2 Å². The third-order valence-corrected chi connectivity index (χ3v) is 12.8. The quantitative estimate of drug-likeness (QED) is 0.0974. The lowest BCUT2D eigenvalue weighted by molar-refractivity contribution is -0.188. The third-order valence-electron chi connectivity index (χ3n) is 12.8. The highest BCUT2D eigenvalue weighted by Crippen LogP contribution is 2.49. The number of hydrogen-bond acceptors (Lipinski definition) is 9. The van der Waals surface area contributed by atoms with Crippen molar-refractivity contribution in [2.24, 2.45) is 5.92 Å². The van der Waals surface area contributed by atoms with Crippen LogP contribution in [0.15, 0.2) is 117 Å². The molecule has 312 valence electrons. The van der Waals surface area contributed by atoms with Crippen LogP contribution in [0, 0.1) is 5.92 Å². The molecule has 1 aromatic heterocycles. The lowest BCUT2D eigenvalue weighted by atomic mass is 9.68. The van der Waals surface area contributed by atoms with Crippen LogP contribution < -0.4 is 10.4 Å². The molecule has 1 saturated carbocycles. The third kappa shape index (κ3) is 8.70. The highest BCUT2D eigenvalue weighted by molar-refractivity contribution is 5.90. The molecule has 9 heteroatoms. The number of fused-ring (bicyclic) bond motifs is 11. The first-order valence-corrected chi connectivity index (χ1v) is 21.2. The first-order chi connectivity index (χ1) is 29.0. The molecule has 0 spiro atoms. The molecule has 4 aromatic carbocycles. The molecule has 0 saturated heterocycles. The zero-order chi connectivity index (χ0) is 42.0. The lowest BCUT2D eigenvalue weighted by Gasteiger charge is -2.43. The van der Waals surface area contributed by atoms with Gasteiger partial charge in [0.2, 0.25) is 0 Å². The number of methoxy groups -OCH3 is 1. The standard InChI is InChI=1S/C51H54O9/c1-31(30-52)41-20-15-32-13-16-35(17-14-32)42-21-18-37(36-12-8-11-34(26-36)25-33-9-6-5-7-10-33)27-40(42)29-44(53)57-47-45-43(60-51(2,3)48(47)59-50(41)55)22-19-38-28-39(23-24-56-4)49(54)58-46(38)45/h5-14,16-17,19,22,26,28,37,40,42,47-48,52H,15,18,20-21,23-25,27,29-30H2,1-4H3/t37-,40+,42+,47+,48+/m1/s1. The molecule has 3 aliphatic heterocycles. The van der Waals surface area contributed by atoms with Gasteiger partial charge in [-0.15, -0.1) is 0 Å². The number of aliphatic hydroxyl groups is 1. The van der Waals surface area contributed by atoms with Gasteiger partial charge < -0.3 is 28.5 Å². The molecular formula is C51H54O9. The van der Waals surface area contributed by atoms with Crippen molar-refractivity contribution in [2.75, 3.05) is 20.3 Å². The molecule has 4 heterocycles. The van der Waals surface area contributed by atoms with Crippen LogP contribution in [-0.2, 0) is 43.1 Å². The average Bonchev–Trinajstić information content (AvgIpc) is 3.24. The second-order valence-electron chi connectivity index (χ2n) is 17.3. The summed E-state index contributed by atoms with van der Waals surface area (Å²) in [4.78, 5) is 42.4. The van der Waals surface area contributed by atoms with Gasteiger partial charge in [-0.05, 0) is 129 Å². The van der Waals surface area contributed by atoms with Crippen LogP contribution in [0.3, 0.4) is 0 Å². The Labute approximate surface area is 351 Å². The minimum absolute atomic E-state index is 0.0448. The normalized spacial score (nSPS) is 23.7. The Hall–Kier alpha value is -5.51. The van der Waals surface area contributed by atoms with Crippen molar-refractivity contribution >= 4 is 22.9 Å². The van der Waals surface area contributed by atoms with Crippen molar-refractivity contribution in [1.82, 2.24) is 0 Å². The molecule has 9 rings (SSSR count). The zero-order valence-corrected chi connectivity index (χ0v) is 34.9. The van der Waals surface area contributed by atoms with Crippen LogP contribution in [0.25, 0.3) is 11.0 Å². The first-order valence-electron chi connectivity index (χ1n) is 21.2. The van der Waals surface area contributed by atoms with Crippen LogP contribution >= 0.6 is 0 Å². The maximum atomic E-state index is 14.7. The molecule has 0 amide bonds. The van der Waals surface area contributed by atoms with Crippen LogP contribution in [0.1, 0.15) is 110 Å². The summed E-state index contributed by atoms with van der Waals surface area (Å²) in [6.07, 6.45) is 2.60. The highest BCUT2D eigenvalue weighted by Gasteiger charge is 2.51. The Balaban J connectivity index is 1.19. The van der Waals surface area contributed by atoms with E-state index in [-0.39, 0.29) is 36.4 Å². The number of hydrogen-bond donors (Lipinski definition) is 1. The van der Waals surface area contributed by atoms with E-state index in [1.807, 2.05) is 12.1 Å². The van der Waals surface area contributed by atoms with Gasteiger partial charge in [-0.1, -0.05) is 78.9 Å². The predicted molar refractivity (Wildman–Crippen MR) is 229 cm³/mol. The Morgan fingerprint density at radius 3 is 2.40 bits per heavy atom. The van der Waals surface area contributed by atoms with E-state index in [2.05, 4.69) is 72.8 Å². The number of aryl methyl sites for hydroxylation is 1. The molecule has 5 aromatic rings. The Morgan fingerprint density at radius 2 is 1.63 bits per heavy atom. The summed E-state index contributed by atoms with van der Waals surface area (Å²) < 4.78 is 30.8. The second kappa shape index (κ2) is 17.6. The summed E-state index contributed by atoms with van der Waals surface area (Å²) >= 11 is 0. The van der Waals surface area contributed by atoms with Gasteiger partial charge in [0.05, 0.1) is 18.8 Å². The molecule has 9 nitrogen and oxygen atoms in total. The maximum absolute atomic E-state index is 14.7. The summed E-state index contributed by atoms with van der Waals surface area (Å²) in [6, 6.07) is 33.2. The van der Waals surface area contributed by atoms with Gasteiger partial charge in [0.1, 0.15) is 16.9 Å². The van der Waals surface area contributed by atoms with Crippen molar-refractivity contribution in [1.29, 1.82) is 0 Å². The Morgan fingerprint density at radius 1 is 0.850 bits per heavy atom. The average molecular weight is 811 g/mol. The molecule has 60 heavy (non-hydrogen) atoms. The van der Waals surface area contributed by atoms with Gasteiger partial charge in [-0.25, -0.2) is 9.59 Å². The fourth-order valence-electron chi connectivity index (χ4n) is 9.55. The first kappa shape index (κ1) is 41.2. The molecule has 1 aliphatic carbocycles. The molecule has 1 N–H and O–H groups in total. The van der Waals surface area contributed by atoms with Gasteiger partial charge in [0.25, 0.3) is 0 Å². The molecular weight excluding hydrogens is 757 g/mol. The van der Waals surface area contributed by atoms with Gasteiger partial charge >= 0.3 is 17.6 Å². The molecule has 0 unspecified atom stereocenters. The van der Waals surface area contributed by atoms with Crippen LogP contribution in [0.4, 0.5) is 0 Å². The van der Waals surface area contributed by atoms with E-state index in [0.717, 1.165) is 31.2 Å². The van der Waals surface area contributed by atoms with Crippen molar-refractivity contribution in [3.8, 4) is 5.75 Å². The van der Waals surface area contributed by atoms with Gasteiger partial charge in [-0.3, -0.25) is 4.79 Å². The predicted octanol–water partition coefficient (Wildman–Crippen LogP) is 9.25. The number of ether oxygens (including phenoxy) is 4. The minimum Gasteiger partial charge on any atom is -0.483 e. The van der Waals surface area contributed by atoms with Crippen LogP contribution in [0.5, 0.6) is 5.75 Å². The molecule has 4 aliphatic rings. The summed E-state index contributed by atoms with van der Waals surface area (Å²) in [7, 11) is 1.57. The SMILES string of the molecule is COCCc1cc2ccc3c(c2oc1=O)[C@@H]1OC(=O)C[C@@H]2C[C@H](c4cccc(Cc5ccccc5)c4)CC[C@H]2c2ccc(cc2)CCC(=C(C)CO)C(=O)O[C@@H]1C(C)(C)O3. The Bertz CT molecular complexity index is 2450. The molecule has 1 fully saturated rings. The van der Waals surface area contributed by atoms with E-state index < -0.39 is 35.4 Å². The van der Waals surface area contributed by atoms with E-state index in [1.54, 1.807) is 40.0 Å². The van der Waals surface area contributed by atoms with E-state index in [9.17, 15) is 19.5 Å². The number of carbonyl (C=O) groups excluding carboxylic acids is 2. The summed E-state index contributed by atoms with van der Waals surface area (Å²) in [5.41, 5.74) is 6.14. The van der Waals surface area contributed by atoms with Crippen molar-refractivity contribution in [2.45, 2.75) is 102 Å². The van der Waals surface area contributed by atoms with E-state index in [0.29, 0.717) is 59.3 Å². The van der Waals surface area contributed by atoms with Crippen molar-refractivity contribution in [3.05, 3.63) is 158 Å². The van der Waals surface area contributed by atoms with E-state index in [4.69, 9.17) is 23.4 Å². The fraction of sp³-hybridized carbons (Fsp3) is 0.392. The molecule has 0 radical (unpaired) electrons. The summed E-state index contributed by atoms with van der Waals surface area (Å²) in [6.45, 7) is 5.31. The molecule has 5 atom stereocenters. The van der Waals surface area contributed by atoms with Crippen molar-refractivity contribution in [3.63, 3.8) is 0 Å². The van der Waals surface area contributed by atoms with Crippen LogP contribution in [-0.4, -0.2) is 49.1 Å². The Kier molecular flexibility index (Phi) is 12.1. The number of carbonyl (C=O) groups is 2. The van der Waals surface area contributed by atoms with Gasteiger partial charge in [0, 0.05) is 36.5 Å². The van der Waals surface area contributed by atoms with Gasteiger partial charge in [-0.2, -0.15) is 0 Å². The topological polar surface area (TPSA) is 122 Å². The highest BCUT2D eigenvalue weighted by atomic mass is 16.6. The number of aliphatic hydroxyl groups excluding tert-OH is 1. The molecule has 2 bridgehead atoms. The second-order valence-corrected chi connectivity index (χ2v) is 17.3. The minimum atomic E-state index is -1.18. The number of rotatable bonds is 7.